The highest BCUT2D eigenvalue weighted by atomic mass is 16.1. The molecule has 1 aliphatic heterocycles. The van der Waals surface area contributed by atoms with Gasteiger partial charge in [-0.2, -0.15) is 0 Å². The number of H-pyrrole nitrogens is 1. The quantitative estimate of drug-likeness (QED) is 0.697. The molecule has 2 N–H and O–H groups in total. The summed E-state index contributed by atoms with van der Waals surface area (Å²) in [5, 5.41) is 6.56. The third-order valence-electron chi connectivity index (χ3n) is 2.98. The summed E-state index contributed by atoms with van der Waals surface area (Å²) in [7, 11) is 1.77. The molecule has 1 fully saturated rings. The molecule has 0 saturated carbocycles. The summed E-state index contributed by atoms with van der Waals surface area (Å²) >= 11 is 0. The first kappa shape index (κ1) is 9.52. The average Bonchev–Trinajstić information content (AvgIpc) is 2.47. The van der Waals surface area contributed by atoms with E-state index >= 15 is 0 Å². The van der Waals surface area contributed by atoms with Crippen LogP contribution in [0, 0.1) is 6.92 Å². The zero-order chi connectivity index (χ0) is 10.1. The zero-order valence-corrected chi connectivity index (χ0v) is 8.76. The van der Waals surface area contributed by atoms with Gasteiger partial charge in [-0.15, -0.1) is 0 Å². The van der Waals surface area contributed by atoms with E-state index in [9.17, 15) is 4.79 Å². The summed E-state index contributed by atoms with van der Waals surface area (Å²) in [5.41, 5.74) is 2.01. The molecule has 1 aromatic rings. The van der Waals surface area contributed by atoms with E-state index in [1.807, 2.05) is 6.92 Å². The largest absolute Gasteiger partial charge is 0.309 e. The van der Waals surface area contributed by atoms with Crippen molar-refractivity contribution in [2.75, 3.05) is 6.54 Å². The van der Waals surface area contributed by atoms with Gasteiger partial charge in [-0.3, -0.25) is 14.6 Å². The fourth-order valence-electron chi connectivity index (χ4n) is 2.12. The van der Waals surface area contributed by atoms with Gasteiger partial charge in [0.2, 0.25) is 0 Å². The molecule has 1 atom stereocenters. The molecular weight excluding hydrogens is 178 g/mol. The lowest BCUT2D eigenvalue weighted by molar-refractivity contribution is 0.401. The number of nitrogens with zero attached hydrogens (tertiary/aromatic N) is 1. The van der Waals surface area contributed by atoms with Gasteiger partial charge in [0, 0.05) is 18.7 Å². The second-order valence-electron chi connectivity index (χ2n) is 4.02. The summed E-state index contributed by atoms with van der Waals surface area (Å²) in [4.78, 5) is 11.5. The van der Waals surface area contributed by atoms with Gasteiger partial charge in [0.05, 0.1) is 5.69 Å². The topological polar surface area (TPSA) is 49.8 Å². The van der Waals surface area contributed by atoms with Crippen molar-refractivity contribution in [3.63, 3.8) is 0 Å². The van der Waals surface area contributed by atoms with Gasteiger partial charge in [-0.05, 0) is 26.3 Å². The standard InChI is InChI=1S/C10H17N3O/c1-7-9(12-13(2)10(7)14)8-5-3-4-6-11-8/h8,11-12H,3-6H2,1-2H3. The van der Waals surface area contributed by atoms with E-state index in [1.54, 1.807) is 11.7 Å². The fraction of sp³-hybridized carbons (Fsp3) is 0.700. The Morgan fingerprint density at radius 1 is 1.43 bits per heavy atom. The normalized spacial score (nSPS) is 22.6. The third-order valence-corrected chi connectivity index (χ3v) is 2.98. The molecule has 0 radical (unpaired) electrons. The summed E-state index contributed by atoms with van der Waals surface area (Å²) < 4.78 is 1.56. The number of piperidine rings is 1. The minimum absolute atomic E-state index is 0.0902. The lowest BCUT2D eigenvalue weighted by Gasteiger charge is -2.22. The maximum absolute atomic E-state index is 11.5. The van der Waals surface area contributed by atoms with Crippen molar-refractivity contribution in [2.24, 2.45) is 7.05 Å². The van der Waals surface area contributed by atoms with Crippen molar-refractivity contribution >= 4 is 0 Å². The number of nitrogens with one attached hydrogen (secondary N) is 2. The number of hydrogen-bond donors (Lipinski definition) is 2. The molecule has 4 heteroatoms. The summed E-state index contributed by atoms with van der Waals surface area (Å²) in [6.45, 7) is 2.95. The lowest BCUT2D eigenvalue weighted by Crippen LogP contribution is -2.27. The highest BCUT2D eigenvalue weighted by Gasteiger charge is 2.20. The summed E-state index contributed by atoms with van der Waals surface area (Å²) in [6, 6.07) is 0.345. The van der Waals surface area contributed by atoms with Gasteiger partial charge in [0.15, 0.2) is 0 Å². The highest BCUT2D eigenvalue weighted by molar-refractivity contribution is 5.19. The molecule has 1 saturated heterocycles. The first-order valence-corrected chi connectivity index (χ1v) is 5.19. The number of aryl methyl sites for hydroxylation is 1. The Morgan fingerprint density at radius 3 is 2.71 bits per heavy atom. The Morgan fingerprint density at radius 2 is 2.21 bits per heavy atom. The molecule has 0 aliphatic carbocycles. The Bertz CT molecular complexity index is 371. The average molecular weight is 195 g/mol. The van der Waals surface area contributed by atoms with Crippen LogP contribution < -0.4 is 10.9 Å². The Balaban J connectivity index is 2.31. The van der Waals surface area contributed by atoms with Crippen molar-refractivity contribution in [3.8, 4) is 0 Å². The lowest BCUT2D eigenvalue weighted by atomic mass is 10.0. The van der Waals surface area contributed by atoms with Crippen LogP contribution in [0.15, 0.2) is 4.79 Å². The molecule has 4 nitrogen and oxygen atoms in total. The van der Waals surface area contributed by atoms with Gasteiger partial charge in [-0.1, -0.05) is 6.42 Å². The number of rotatable bonds is 1. The van der Waals surface area contributed by atoms with Crippen LogP contribution in [0.2, 0.25) is 0 Å². The van der Waals surface area contributed by atoms with Crippen LogP contribution in [0.3, 0.4) is 0 Å². The maximum Gasteiger partial charge on any atom is 0.269 e. The number of hydrogen-bond acceptors (Lipinski definition) is 2. The Labute approximate surface area is 83.3 Å². The van der Waals surface area contributed by atoms with Gasteiger partial charge in [-0.25, -0.2) is 0 Å². The minimum Gasteiger partial charge on any atom is -0.309 e. The second kappa shape index (κ2) is 3.61. The molecule has 0 spiro atoms. The van der Waals surface area contributed by atoms with E-state index in [-0.39, 0.29) is 5.56 Å². The van der Waals surface area contributed by atoms with Crippen LogP contribution in [0.5, 0.6) is 0 Å². The number of aromatic amines is 1. The zero-order valence-electron chi connectivity index (χ0n) is 8.76. The van der Waals surface area contributed by atoms with Crippen LogP contribution in [0.4, 0.5) is 0 Å². The van der Waals surface area contributed by atoms with Gasteiger partial charge >= 0.3 is 0 Å². The Hall–Kier alpha value is -1.03. The van der Waals surface area contributed by atoms with Crippen molar-refractivity contribution < 1.29 is 0 Å². The summed E-state index contributed by atoms with van der Waals surface area (Å²) in [6.07, 6.45) is 3.61. The van der Waals surface area contributed by atoms with Crippen LogP contribution >= 0.6 is 0 Å². The monoisotopic (exact) mass is 195 g/mol. The molecular formula is C10H17N3O. The smallest absolute Gasteiger partial charge is 0.269 e. The summed E-state index contributed by atoms with van der Waals surface area (Å²) in [5.74, 6) is 0. The second-order valence-corrected chi connectivity index (χ2v) is 4.02. The van der Waals surface area contributed by atoms with Gasteiger partial charge in [0.25, 0.3) is 5.56 Å². The SMILES string of the molecule is Cc1c(C2CCCCN2)[nH]n(C)c1=O. The molecule has 14 heavy (non-hydrogen) atoms. The van der Waals surface area contributed by atoms with E-state index in [2.05, 4.69) is 10.4 Å². The molecule has 78 valence electrons. The Kier molecular flexibility index (Phi) is 2.46. The van der Waals surface area contributed by atoms with Gasteiger partial charge in [0.1, 0.15) is 0 Å². The van der Waals surface area contributed by atoms with Crippen molar-refractivity contribution in [1.82, 2.24) is 15.1 Å². The maximum atomic E-state index is 11.5. The first-order valence-electron chi connectivity index (χ1n) is 5.19. The first-order chi connectivity index (χ1) is 6.70. The van der Waals surface area contributed by atoms with E-state index in [0.717, 1.165) is 24.2 Å². The predicted octanol–water partition coefficient (Wildman–Crippen LogP) is 0.836. The van der Waals surface area contributed by atoms with Crippen LogP contribution in [0.25, 0.3) is 0 Å². The van der Waals surface area contributed by atoms with E-state index in [1.165, 1.54) is 12.8 Å². The third kappa shape index (κ3) is 1.50. The van der Waals surface area contributed by atoms with Crippen molar-refractivity contribution in [1.29, 1.82) is 0 Å². The molecule has 0 aromatic carbocycles. The molecule has 0 amide bonds. The molecule has 2 heterocycles. The minimum atomic E-state index is 0.0902. The van der Waals surface area contributed by atoms with Gasteiger partial charge < -0.3 is 5.32 Å². The van der Waals surface area contributed by atoms with E-state index in [4.69, 9.17) is 0 Å². The van der Waals surface area contributed by atoms with Crippen molar-refractivity contribution in [3.05, 3.63) is 21.6 Å². The molecule has 2 rings (SSSR count). The fourth-order valence-corrected chi connectivity index (χ4v) is 2.12. The predicted molar refractivity (Wildman–Crippen MR) is 55.4 cm³/mol. The molecule has 1 unspecified atom stereocenters. The van der Waals surface area contributed by atoms with E-state index < -0.39 is 0 Å². The van der Waals surface area contributed by atoms with Crippen LogP contribution in [-0.4, -0.2) is 16.3 Å². The van der Waals surface area contributed by atoms with Crippen molar-refractivity contribution in [2.45, 2.75) is 32.2 Å². The van der Waals surface area contributed by atoms with Crippen LogP contribution in [-0.2, 0) is 7.05 Å². The van der Waals surface area contributed by atoms with Crippen LogP contribution in [0.1, 0.15) is 36.6 Å². The number of aromatic nitrogens is 2. The van der Waals surface area contributed by atoms with E-state index in [0.29, 0.717) is 6.04 Å². The highest BCUT2D eigenvalue weighted by Crippen LogP contribution is 2.22. The molecule has 1 aromatic heterocycles. The molecule has 1 aliphatic rings. The molecule has 0 bridgehead atoms.